The zero-order valence-electron chi connectivity index (χ0n) is 14.5. The van der Waals surface area contributed by atoms with Gasteiger partial charge in [-0.25, -0.2) is 0 Å². The second-order valence-corrected chi connectivity index (χ2v) is 6.57. The number of rotatable bonds is 6. The normalized spacial score (nSPS) is 10.6. The fraction of sp³-hybridized carbons (Fsp3) is 0.0476. The van der Waals surface area contributed by atoms with Gasteiger partial charge in [0.1, 0.15) is 12.4 Å². The summed E-state index contributed by atoms with van der Waals surface area (Å²) >= 11 is 11.2. The number of ether oxygens (including phenoxy) is 1. The summed E-state index contributed by atoms with van der Waals surface area (Å²) < 4.78 is 5.83. The van der Waals surface area contributed by atoms with Crippen LogP contribution in [0.1, 0.15) is 11.1 Å². The highest BCUT2D eigenvalue weighted by atomic mass is 35.5. The molecular weight excluding hydrogens is 378 g/mol. The third-order valence-corrected chi connectivity index (χ3v) is 4.05. The largest absolute Gasteiger partial charge is 0.489 e. The molecule has 3 rings (SSSR count). The minimum Gasteiger partial charge on any atom is -0.489 e. The Balaban J connectivity index is 1.52. The van der Waals surface area contributed by atoms with Gasteiger partial charge in [-0.2, -0.15) is 0 Å². The number of benzene rings is 3. The molecule has 0 saturated carbocycles. The summed E-state index contributed by atoms with van der Waals surface area (Å²) in [4.78, 5) is 0. The Morgan fingerprint density at radius 1 is 1.00 bits per heavy atom. The van der Waals surface area contributed by atoms with Gasteiger partial charge in [0.2, 0.25) is 5.11 Å². The Hall–Kier alpha value is -2.89. The van der Waals surface area contributed by atoms with Crippen molar-refractivity contribution in [1.82, 2.24) is 5.43 Å². The number of hydrogen-bond donors (Lipinski definition) is 3. The van der Waals surface area contributed by atoms with E-state index in [4.69, 9.17) is 28.6 Å². The summed E-state index contributed by atoms with van der Waals surface area (Å²) in [6, 6.07) is 25.1. The predicted molar refractivity (Wildman–Crippen MR) is 114 cm³/mol. The molecule has 0 aliphatic rings. The summed E-state index contributed by atoms with van der Waals surface area (Å²) in [5, 5.41) is 7.24. The highest BCUT2D eigenvalue weighted by molar-refractivity contribution is 7.80. The van der Waals surface area contributed by atoms with E-state index in [0.29, 0.717) is 16.7 Å². The Labute approximate surface area is 168 Å². The molecule has 0 unspecified atom stereocenters. The van der Waals surface area contributed by atoms with Crippen LogP contribution in [0.2, 0.25) is 5.02 Å². The fourth-order valence-corrected chi connectivity index (χ4v) is 2.75. The lowest BCUT2D eigenvalue weighted by atomic mass is 10.2. The SMILES string of the molecule is S=C(N[NH+]=Cc1cccc(OCc2cccc(Cl)c2)c1)Nc1ccccc1. The zero-order chi connectivity index (χ0) is 18.9. The molecule has 27 heavy (non-hydrogen) atoms. The van der Waals surface area contributed by atoms with Crippen molar-refractivity contribution in [2.45, 2.75) is 6.61 Å². The second kappa shape index (κ2) is 9.71. The van der Waals surface area contributed by atoms with Gasteiger partial charge in [0.15, 0.2) is 6.21 Å². The van der Waals surface area contributed by atoms with Crippen LogP contribution in [0.5, 0.6) is 5.75 Å². The minimum absolute atomic E-state index is 0.459. The summed E-state index contributed by atoms with van der Waals surface area (Å²) in [6.07, 6.45) is 1.81. The molecule has 136 valence electrons. The molecule has 6 heteroatoms. The molecule has 0 atom stereocenters. The number of nitrogens with one attached hydrogen (secondary N) is 3. The van der Waals surface area contributed by atoms with E-state index < -0.39 is 0 Å². The Morgan fingerprint density at radius 2 is 1.81 bits per heavy atom. The van der Waals surface area contributed by atoms with E-state index >= 15 is 0 Å². The quantitative estimate of drug-likeness (QED) is 0.340. The smallest absolute Gasteiger partial charge is 0.228 e. The van der Waals surface area contributed by atoms with Crippen LogP contribution in [0.3, 0.4) is 0 Å². The highest BCUT2D eigenvalue weighted by Gasteiger charge is 2.01. The van der Waals surface area contributed by atoms with Crippen molar-refractivity contribution in [2.24, 2.45) is 0 Å². The van der Waals surface area contributed by atoms with Crippen molar-refractivity contribution in [1.29, 1.82) is 0 Å². The average Bonchev–Trinajstić information content (AvgIpc) is 2.68. The van der Waals surface area contributed by atoms with Crippen LogP contribution < -0.4 is 20.6 Å². The number of para-hydroxylation sites is 1. The van der Waals surface area contributed by atoms with Crippen molar-refractivity contribution < 1.29 is 9.84 Å². The van der Waals surface area contributed by atoms with E-state index in [1.54, 1.807) is 0 Å². The number of hydrazone groups is 1. The minimum atomic E-state index is 0.459. The molecule has 0 radical (unpaired) electrons. The third-order valence-electron chi connectivity index (χ3n) is 3.61. The molecular formula is C21H19ClN3OS+. The van der Waals surface area contributed by atoms with Gasteiger partial charge in [0, 0.05) is 16.3 Å². The maximum absolute atomic E-state index is 5.99. The Bertz CT molecular complexity index is 931. The van der Waals surface area contributed by atoms with Crippen LogP contribution in [-0.2, 0) is 6.61 Å². The van der Waals surface area contributed by atoms with Crippen molar-refractivity contribution in [3.8, 4) is 5.75 Å². The first-order valence-electron chi connectivity index (χ1n) is 8.37. The predicted octanol–water partition coefficient (Wildman–Crippen LogP) is 3.32. The van der Waals surface area contributed by atoms with Crippen LogP contribution in [-0.4, -0.2) is 11.3 Å². The zero-order valence-corrected chi connectivity index (χ0v) is 16.1. The second-order valence-electron chi connectivity index (χ2n) is 5.72. The van der Waals surface area contributed by atoms with Crippen molar-refractivity contribution in [3.05, 3.63) is 95.0 Å². The lowest BCUT2D eigenvalue weighted by Gasteiger charge is -2.07. The van der Waals surface area contributed by atoms with E-state index in [1.165, 1.54) is 0 Å². The van der Waals surface area contributed by atoms with Crippen molar-refractivity contribution in [2.75, 3.05) is 5.32 Å². The number of anilines is 1. The van der Waals surface area contributed by atoms with Crippen LogP contribution in [0, 0.1) is 0 Å². The first-order chi connectivity index (χ1) is 13.2. The van der Waals surface area contributed by atoms with Crippen molar-refractivity contribution >= 4 is 40.8 Å². The van der Waals surface area contributed by atoms with Crippen LogP contribution in [0.25, 0.3) is 0 Å². The molecule has 3 aromatic rings. The molecule has 3 N–H and O–H groups in total. The van der Waals surface area contributed by atoms with Crippen LogP contribution in [0.15, 0.2) is 78.9 Å². The third kappa shape index (κ3) is 6.40. The maximum Gasteiger partial charge on any atom is 0.228 e. The van der Waals surface area contributed by atoms with Gasteiger partial charge in [-0.05, 0) is 60.2 Å². The lowest BCUT2D eigenvalue weighted by Crippen LogP contribution is -2.82. The topological polar surface area (TPSA) is 47.3 Å². The number of thiocarbonyl (C=S) groups is 1. The summed E-state index contributed by atoms with van der Waals surface area (Å²) in [6.45, 7) is 0.459. The van der Waals surface area contributed by atoms with Crippen LogP contribution >= 0.6 is 23.8 Å². The highest BCUT2D eigenvalue weighted by Crippen LogP contribution is 2.16. The van der Waals surface area contributed by atoms with Gasteiger partial charge >= 0.3 is 0 Å². The van der Waals surface area contributed by atoms with Gasteiger partial charge < -0.3 is 10.1 Å². The van der Waals surface area contributed by atoms with Gasteiger partial charge in [-0.3, -0.25) is 0 Å². The molecule has 0 bridgehead atoms. The summed E-state index contributed by atoms with van der Waals surface area (Å²) in [7, 11) is 0. The van der Waals surface area contributed by atoms with Gasteiger partial charge in [-0.15, -0.1) is 10.5 Å². The molecule has 0 aliphatic carbocycles. The number of hydrazine groups is 1. The molecule has 0 aliphatic heterocycles. The molecule has 4 nitrogen and oxygen atoms in total. The summed E-state index contributed by atoms with van der Waals surface area (Å²) in [5.41, 5.74) is 5.82. The molecule has 3 aromatic carbocycles. The fourth-order valence-electron chi connectivity index (χ4n) is 2.36. The average molecular weight is 397 g/mol. The van der Waals surface area contributed by atoms with E-state index in [9.17, 15) is 0 Å². The standard InChI is InChI=1S/C21H18ClN3OS/c22-18-8-4-7-17(12-18)15-26-20-11-5-6-16(13-20)14-23-25-21(27)24-19-9-2-1-3-10-19/h1-14H,15H2,(H2,24,25,27)/p+1. The molecule has 0 saturated heterocycles. The molecule has 0 aromatic heterocycles. The van der Waals surface area contributed by atoms with E-state index in [2.05, 4.69) is 15.8 Å². The molecule has 0 amide bonds. The van der Waals surface area contributed by atoms with Crippen molar-refractivity contribution in [3.63, 3.8) is 0 Å². The van der Waals surface area contributed by atoms with Gasteiger partial charge in [0.05, 0.1) is 0 Å². The lowest BCUT2D eigenvalue weighted by molar-refractivity contribution is -0.499. The molecule has 0 heterocycles. The molecule has 0 spiro atoms. The van der Waals surface area contributed by atoms with Gasteiger partial charge in [-0.1, -0.05) is 48.0 Å². The monoisotopic (exact) mass is 396 g/mol. The summed E-state index contributed by atoms with van der Waals surface area (Å²) in [5.74, 6) is 0.774. The van der Waals surface area contributed by atoms with E-state index in [1.807, 2.05) is 85.1 Å². The van der Waals surface area contributed by atoms with Crippen LogP contribution in [0.4, 0.5) is 5.69 Å². The van der Waals surface area contributed by atoms with E-state index in [0.717, 1.165) is 22.6 Å². The Morgan fingerprint density at radius 3 is 2.63 bits per heavy atom. The molecule has 0 fully saturated rings. The first-order valence-corrected chi connectivity index (χ1v) is 9.16. The number of hydrogen-bond acceptors (Lipinski definition) is 2. The number of halogens is 1. The van der Waals surface area contributed by atoms with E-state index in [-0.39, 0.29) is 0 Å². The van der Waals surface area contributed by atoms with Gasteiger partial charge in [0.25, 0.3) is 0 Å². The maximum atomic E-state index is 5.99. The first kappa shape index (κ1) is 18.9. The Kier molecular flexibility index (Phi) is 6.79.